The molecule has 2 aromatic heterocycles. The number of amides is 2. The molecule has 0 saturated heterocycles. The number of aromatic nitrogens is 4. The number of fused-ring (bicyclic) bond motifs is 4. The first-order chi connectivity index (χ1) is 19.1. The number of imidazole rings is 1. The highest BCUT2D eigenvalue weighted by Gasteiger charge is 2.64. The van der Waals surface area contributed by atoms with Gasteiger partial charge in [-0.15, -0.1) is 0 Å². The van der Waals surface area contributed by atoms with Gasteiger partial charge < -0.3 is 19.4 Å². The third kappa shape index (κ3) is 3.50. The number of nitrogens with one attached hydrogen (secondary N) is 1. The van der Waals surface area contributed by atoms with Crippen LogP contribution in [0.4, 0.5) is 15.8 Å². The van der Waals surface area contributed by atoms with Crippen molar-refractivity contribution in [1.29, 1.82) is 0 Å². The Hall–Kier alpha value is -4.22. The van der Waals surface area contributed by atoms with Crippen LogP contribution in [0.1, 0.15) is 41.6 Å². The average molecular weight is 583 g/mol. The Bertz CT molecular complexity index is 1720. The van der Waals surface area contributed by atoms with Crippen LogP contribution in [0.25, 0.3) is 11.4 Å². The second-order valence-electron chi connectivity index (χ2n) is 9.50. The second kappa shape index (κ2) is 9.17. The number of hydrogen-bond donors (Lipinski definition) is 1. The molecule has 2 amide bonds. The Morgan fingerprint density at radius 2 is 1.80 bits per heavy atom. The molecule has 1 N–H and O–H groups in total. The van der Waals surface area contributed by atoms with E-state index in [1.807, 2.05) is 13.8 Å². The van der Waals surface area contributed by atoms with E-state index in [9.17, 15) is 14.0 Å². The standard InChI is InChI=1S/C27H21Cl2FN6O4/c1-12(2)35-21-20(33-22(35)17-11-31-26(40-4)34-23(17)39-3)24(37)36(16-8-14(29)7-15(30)10-16)27(21)18-6-5-13(28)9-19(18)32-25(27)38/h5-12H,1-4H3,(H,32,38)/t27-/m0/s1. The number of hydrogen-bond acceptors (Lipinski definition) is 7. The van der Waals surface area contributed by atoms with E-state index in [1.165, 1.54) is 31.4 Å². The van der Waals surface area contributed by atoms with E-state index in [-0.39, 0.29) is 34.3 Å². The van der Waals surface area contributed by atoms with Gasteiger partial charge in [-0.2, -0.15) is 4.98 Å². The van der Waals surface area contributed by atoms with Gasteiger partial charge in [0.1, 0.15) is 11.6 Å². The Balaban J connectivity index is 1.72. The molecule has 2 aromatic carbocycles. The van der Waals surface area contributed by atoms with Crippen LogP contribution in [-0.4, -0.2) is 45.6 Å². The summed E-state index contributed by atoms with van der Waals surface area (Å²) in [6, 6.07) is 8.35. The molecule has 10 nitrogen and oxygen atoms in total. The number of carbonyl (C=O) groups is 2. The van der Waals surface area contributed by atoms with Crippen molar-refractivity contribution in [2.24, 2.45) is 0 Å². The number of halogens is 3. The van der Waals surface area contributed by atoms with Gasteiger partial charge in [0.25, 0.3) is 11.8 Å². The summed E-state index contributed by atoms with van der Waals surface area (Å²) in [5.41, 5.74) is -0.147. The molecule has 0 bridgehead atoms. The van der Waals surface area contributed by atoms with E-state index in [1.54, 1.807) is 22.8 Å². The molecule has 0 radical (unpaired) electrons. The van der Waals surface area contributed by atoms with E-state index in [0.29, 0.717) is 33.4 Å². The molecule has 40 heavy (non-hydrogen) atoms. The first-order valence-corrected chi connectivity index (χ1v) is 12.9. The number of nitrogens with zero attached hydrogens (tertiary/aromatic N) is 5. The maximum absolute atomic E-state index is 14.6. The van der Waals surface area contributed by atoms with Gasteiger partial charge in [-0.1, -0.05) is 29.3 Å². The Morgan fingerprint density at radius 1 is 1.02 bits per heavy atom. The van der Waals surface area contributed by atoms with Crippen molar-refractivity contribution >= 4 is 46.4 Å². The van der Waals surface area contributed by atoms with E-state index < -0.39 is 23.2 Å². The molecule has 0 unspecified atom stereocenters. The Labute approximate surface area is 237 Å². The van der Waals surface area contributed by atoms with Crippen LogP contribution in [0.2, 0.25) is 10.0 Å². The summed E-state index contributed by atoms with van der Waals surface area (Å²) in [7, 11) is 2.87. The molecule has 2 aliphatic rings. The van der Waals surface area contributed by atoms with Crippen molar-refractivity contribution in [2.75, 3.05) is 24.4 Å². The molecule has 13 heteroatoms. The van der Waals surface area contributed by atoms with Crippen LogP contribution in [0.3, 0.4) is 0 Å². The minimum Gasteiger partial charge on any atom is -0.480 e. The molecule has 1 atom stereocenters. The van der Waals surface area contributed by atoms with Gasteiger partial charge in [-0.3, -0.25) is 14.5 Å². The number of methoxy groups -OCH3 is 2. The topological polar surface area (TPSA) is 111 Å². The lowest BCUT2D eigenvalue weighted by molar-refractivity contribution is -0.119. The molecule has 4 heterocycles. The third-order valence-electron chi connectivity index (χ3n) is 6.91. The number of ether oxygens (including phenoxy) is 2. The van der Waals surface area contributed by atoms with Gasteiger partial charge in [-0.05, 0) is 44.2 Å². The molecule has 6 rings (SSSR count). The predicted molar refractivity (Wildman–Crippen MR) is 146 cm³/mol. The molecular weight excluding hydrogens is 562 g/mol. The molecule has 1 spiro atoms. The summed E-state index contributed by atoms with van der Waals surface area (Å²) in [6.45, 7) is 3.77. The summed E-state index contributed by atoms with van der Waals surface area (Å²) < 4.78 is 27.0. The Kier molecular flexibility index (Phi) is 5.97. The summed E-state index contributed by atoms with van der Waals surface area (Å²) in [5.74, 6) is -1.36. The lowest BCUT2D eigenvalue weighted by atomic mass is 9.87. The fourth-order valence-electron chi connectivity index (χ4n) is 5.45. The SMILES string of the molecule is COc1ncc(-c2nc3c(n2C(C)C)[C@@]2(C(=O)Nc4cc(Cl)ccc42)N(c2cc(F)cc(Cl)c2)C3=O)c(OC)n1. The van der Waals surface area contributed by atoms with E-state index in [4.69, 9.17) is 37.7 Å². The predicted octanol–water partition coefficient (Wildman–Crippen LogP) is 5.24. The van der Waals surface area contributed by atoms with Crippen molar-refractivity contribution in [2.45, 2.75) is 25.4 Å². The summed E-state index contributed by atoms with van der Waals surface area (Å²) in [5, 5.41) is 3.31. The molecule has 0 fully saturated rings. The van der Waals surface area contributed by atoms with E-state index >= 15 is 0 Å². The molecule has 0 aliphatic carbocycles. The van der Waals surface area contributed by atoms with Gasteiger partial charge in [0.2, 0.25) is 5.88 Å². The first kappa shape index (κ1) is 26.0. The van der Waals surface area contributed by atoms with Crippen molar-refractivity contribution in [3.63, 3.8) is 0 Å². The monoisotopic (exact) mass is 582 g/mol. The number of carbonyl (C=O) groups excluding carboxylic acids is 2. The molecule has 2 aliphatic heterocycles. The van der Waals surface area contributed by atoms with Crippen LogP contribution < -0.4 is 19.7 Å². The molecule has 204 valence electrons. The van der Waals surface area contributed by atoms with Crippen molar-refractivity contribution in [1.82, 2.24) is 19.5 Å². The van der Waals surface area contributed by atoms with Gasteiger partial charge in [0, 0.05) is 33.5 Å². The summed E-state index contributed by atoms with van der Waals surface area (Å²) in [6.07, 6.45) is 1.48. The fraction of sp³-hybridized carbons (Fsp3) is 0.222. The second-order valence-corrected chi connectivity index (χ2v) is 10.4. The largest absolute Gasteiger partial charge is 0.480 e. The first-order valence-electron chi connectivity index (χ1n) is 12.1. The lowest BCUT2D eigenvalue weighted by Gasteiger charge is -2.35. The van der Waals surface area contributed by atoms with Crippen molar-refractivity contribution in [3.8, 4) is 23.3 Å². The quantitative estimate of drug-likeness (QED) is 0.342. The zero-order valence-corrected chi connectivity index (χ0v) is 23.1. The maximum Gasteiger partial charge on any atom is 0.319 e. The van der Waals surface area contributed by atoms with Crippen LogP contribution in [-0.2, 0) is 10.3 Å². The summed E-state index contributed by atoms with van der Waals surface area (Å²) in [4.78, 5) is 42.9. The fourth-order valence-corrected chi connectivity index (χ4v) is 5.84. The van der Waals surface area contributed by atoms with E-state index in [0.717, 1.165) is 12.1 Å². The zero-order valence-electron chi connectivity index (χ0n) is 21.6. The molecule has 4 aromatic rings. The number of anilines is 2. The minimum absolute atomic E-state index is 0.0000882. The molecule has 0 saturated carbocycles. The third-order valence-corrected chi connectivity index (χ3v) is 7.37. The minimum atomic E-state index is -1.76. The smallest absolute Gasteiger partial charge is 0.319 e. The normalized spacial score (nSPS) is 17.4. The van der Waals surface area contributed by atoms with Crippen LogP contribution in [0, 0.1) is 5.82 Å². The number of benzene rings is 2. The molecular formula is C27H21Cl2FN6O4. The highest BCUT2D eigenvalue weighted by molar-refractivity contribution is 6.32. The van der Waals surface area contributed by atoms with Gasteiger partial charge in [0.15, 0.2) is 11.2 Å². The van der Waals surface area contributed by atoms with Crippen molar-refractivity contribution < 1.29 is 23.5 Å². The van der Waals surface area contributed by atoms with Crippen molar-refractivity contribution in [3.05, 3.63) is 75.4 Å². The maximum atomic E-state index is 14.6. The van der Waals surface area contributed by atoms with Crippen LogP contribution in [0.15, 0.2) is 42.6 Å². The zero-order chi connectivity index (χ0) is 28.5. The highest BCUT2D eigenvalue weighted by atomic mass is 35.5. The van der Waals surface area contributed by atoms with Gasteiger partial charge in [0.05, 0.1) is 31.2 Å². The summed E-state index contributed by atoms with van der Waals surface area (Å²) >= 11 is 12.5. The van der Waals surface area contributed by atoms with Gasteiger partial charge >= 0.3 is 6.01 Å². The lowest BCUT2D eigenvalue weighted by Crippen LogP contribution is -2.51. The van der Waals surface area contributed by atoms with Crippen LogP contribution in [0.5, 0.6) is 11.9 Å². The van der Waals surface area contributed by atoms with E-state index in [2.05, 4.69) is 15.3 Å². The van der Waals surface area contributed by atoms with Gasteiger partial charge in [-0.25, -0.2) is 14.4 Å². The number of rotatable bonds is 5. The Morgan fingerprint density at radius 3 is 2.48 bits per heavy atom. The highest BCUT2D eigenvalue weighted by Crippen LogP contribution is 2.54. The van der Waals surface area contributed by atoms with Crippen LogP contribution >= 0.6 is 23.2 Å². The average Bonchev–Trinajstić information content (AvgIpc) is 3.51.